The predicted molar refractivity (Wildman–Crippen MR) is 233 cm³/mol. The van der Waals surface area contributed by atoms with Crippen molar-refractivity contribution in [3.05, 3.63) is 95.6 Å². The number of nitrogens with one attached hydrogen (secondary N) is 4. The fraction of sp³-hybridized carbons (Fsp3) is 0.543. The van der Waals surface area contributed by atoms with Crippen molar-refractivity contribution < 1.29 is 79.4 Å². The molecule has 0 bridgehead atoms. The number of amides is 4. The van der Waals surface area contributed by atoms with Gasteiger partial charge in [0, 0.05) is 29.9 Å². The monoisotopic (exact) mass is 958 g/mol. The molecule has 1 aliphatic rings. The Balaban J connectivity index is 1.39. The maximum absolute atomic E-state index is 13.3. The summed E-state index contributed by atoms with van der Waals surface area (Å²) in [5, 5.41) is 30.6. The second-order valence-electron chi connectivity index (χ2n) is 15.6. The minimum Gasteiger partial charge on any atom is -0.446 e. The number of aliphatic hydroxyl groups is 2. The number of hydrogen-bond donors (Lipinski definition) is 6. The molecule has 3 aromatic rings. The van der Waals surface area contributed by atoms with Crippen LogP contribution in [0.1, 0.15) is 87.7 Å². The first-order chi connectivity index (χ1) is 32.1. The highest BCUT2D eigenvalue weighted by atomic mass is 19.4. The first-order valence-corrected chi connectivity index (χ1v) is 22.1. The number of carbonyl (C=O) groups excluding carboxylic acids is 3. The normalized spacial score (nSPS) is 17.8. The molecule has 0 aromatic heterocycles. The van der Waals surface area contributed by atoms with Crippen LogP contribution in [0.5, 0.6) is 0 Å². The lowest BCUT2D eigenvalue weighted by Gasteiger charge is -2.37. The Labute approximate surface area is 385 Å². The van der Waals surface area contributed by atoms with Gasteiger partial charge in [-0.15, -0.1) is 0 Å². The fourth-order valence-electron chi connectivity index (χ4n) is 6.82. The molecule has 4 rings (SSSR count). The van der Waals surface area contributed by atoms with Gasteiger partial charge in [-0.3, -0.25) is 10.1 Å². The molecule has 1 heterocycles. The van der Waals surface area contributed by atoms with Gasteiger partial charge in [-0.05, 0) is 42.8 Å². The summed E-state index contributed by atoms with van der Waals surface area (Å²) in [4.78, 5) is 38.4. The van der Waals surface area contributed by atoms with Crippen molar-refractivity contribution in [2.75, 3.05) is 56.8 Å². The lowest BCUT2D eigenvalue weighted by atomic mass is 10.1. The van der Waals surface area contributed by atoms with E-state index in [1.165, 1.54) is 18.6 Å². The predicted octanol–water partition coefficient (Wildman–Crippen LogP) is 8.32. The van der Waals surface area contributed by atoms with E-state index in [2.05, 4.69) is 28.2 Å². The van der Waals surface area contributed by atoms with Gasteiger partial charge in [0.1, 0.15) is 24.9 Å². The highest BCUT2D eigenvalue weighted by Crippen LogP contribution is 2.32. The van der Waals surface area contributed by atoms with E-state index in [0.29, 0.717) is 12.0 Å². The van der Waals surface area contributed by atoms with Crippen LogP contribution in [0.25, 0.3) is 0 Å². The van der Waals surface area contributed by atoms with Gasteiger partial charge < -0.3 is 54.6 Å². The van der Waals surface area contributed by atoms with E-state index in [0.717, 1.165) is 74.9 Å². The molecule has 6 atom stereocenters. The molecular formula is C46H60F6N4O11. The number of alkyl halides is 6. The van der Waals surface area contributed by atoms with Gasteiger partial charge >= 0.3 is 24.5 Å². The Morgan fingerprint density at radius 1 is 0.776 bits per heavy atom. The molecule has 67 heavy (non-hydrogen) atoms. The van der Waals surface area contributed by atoms with Crippen LogP contribution in [-0.2, 0) is 45.6 Å². The number of unbranched alkanes of at least 4 members (excludes halogenated alkanes) is 7. The van der Waals surface area contributed by atoms with Gasteiger partial charge in [-0.25, -0.2) is 9.59 Å². The zero-order chi connectivity index (χ0) is 48.7. The highest BCUT2D eigenvalue weighted by molar-refractivity contribution is 5.89. The fourth-order valence-corrected chi connectivity index (χ4v) is 6.82. The number of carbonyl (C=O) groups is 3. The van der Waals surface area contributed by atoms with Gasteiger partial charge in [0.05, 0.1) is 50.2 Å². The molecule has 1 saturated heterocycles. The van der Waals surface area contributed by atoms with Crippen molar-refractivity contribution in [1.82, 2.24) is 10.6 Å². The number of halogens is 6. The smallest absolute Gasteiger partial charge is 0.416 e. The average Bonchev–Trinajstić information content (AvgIpc) is 3.30. The third-order valence-corrected chi connectivity index (χ3v) is 10.3. The summed E-state index contributed by atoms with van der Waals surface area (Å²) in [7, 11) is 0. The van der Waals surface area contributed by atoms with Crippen LogP contribution in [0.15, 0.2) is 78.9 Å². The second-order valence-corrected chi connectivity index (χ2v) is 15.6. The molecule has 6 N–H and O–H groups in total. The van der Waals surface area contributed by atoms with Crippen LogP contribution < -0.4 is 21.3 Å². The lowest BCUT2D eigenvalue weighted by molar-refractivity contribution is -0.303. The van der Waals surface area contributed by atoms with Crippen LogP contribution >= 0.6 is 0 Å². The Morgan fingerprint density at radius 3 is 2.01 bits per heavy atom. The number of aliphatic hydroxyl groups excluding tert-OH is 2. The van der Waals surface area contributed by atoms with E-state index in [-0.39, 0.29) is 50.1 Å². The van der Waals surface area contributed by atoms with E-state index >= 15 is 0 Å². The SMILES string of the molecule is CCCCCCCCCCC(=O)N[C@H](CO[C@H](CO)OC1COC(c2ccccc2)O[C@@H]1COC(=O)Nc1cccc(C(F)(F)F)c1)C(CO)OCCNC(=O)Nc1cccc(C(F)(F)F)c1. The topological polar surface area (TPSA) is 195 Å². The van der Waals surface area contributed by atoms with Gasteiger partial charge in [-0.2, -0.15) is 26.3 Å². The minimum absolute atomic E-state index is 0.0979. The van der Waals surface area contributed by atoms with Crippen molar-refractivity contribution in [3.8, 4) is 0 Å². The standard InChI is InChI=1S/C46H60F6N4O11/c1-2-3-4-5-6-7-8-12-21-40(59)56-36(37(26-57)62-23-22-53-43(60)54-34-19-13-17-32(24-34)45(47,48)49)28-63-41(27-58)66-38-29-64-42(31-15-10-9-11-16-31)67-39(38)30-65-44(61)55-35-20-14-18-33(25-35)46(50,51)52/h9-11,13-20,24-25,36-39,41-42,57-58H,2-8,12,21-23,26-30H2,1H3,(H,55,61)(H,56,59)(H2,53,54,60)/t36-,37?,38?,39-,41+,42?/m1/s1. The van der Waals surface area contributed by atoms with Crippen molar-refractivity contribution >= 4 is 29.4 Å². The average molecular weight is 959 g/mol. The van der Waals surface area contributed by atoms with Crippen LogP contribution in [-0.4, -0.2) is 105 Å². The van der Waals surface area contributed by atoms with Crippen molar-refractivity contribution in [2.24, 2.45) is 0 Å². The number of hydrogen-bond acceptors (Lipinski definition) is 11. The van der Waals surface area contributed by atoms with E-state index in [9.17, 15) is 50.9 Å². The molecule has 15 nitrogen and oxygen atoms in total. The zero-order valence-electron chi connectivity index (χ0n) is 37.1. The Hall–Kier alpha value is -5.03. The van der Waals surface area contributed by atoms with Gasteiger partial charge in [0.2, 0.25) is 5.91 Å². The summed E-state index contributed by atoms with van der Waals surface area (Å²) in [6.07, 6.45) is -7.81. The first-order valence-electron chi connectivity index (χ1n) is 22.1. The lowest BCUT2D eigenvalue weighted by Crippen LogP contribution is -2.51. The summed E-state index contributed by atoms with van der Waals surface area (Å²) in [5.41, 5.74) is -1.58. The molecule has 1 fully saturated rings. The molecular weight excluding hydrogens is 899 g/mol. The number of anilines is 2. The largest absolute Gasteiger partial charge is 0.446 e. The number of benzene rings is 3. The van der Waals surface area contributed by atoms with Crippen LogP contribution in [0, 0.1) is 0 Å². The zero-order valence-corrected chi connectivity index (χ0v) is 37.1. The molecule has 1 aliphatic heterocycles. The number of urea groups is 1. The van der Waals surface area contributed by atoms with Crippen LogP contribution in [0.2, 0.25) is 0 Å². The van der Waals surface area contributed by atoms with E-state index in [1.54, 1.807) is 30.3 Å². The number of ether oxygens (including phenoxy) is 6. The molecule has 3 unspecified atom stereocenters. The Bertz CT molecular complexity index is 1930. The maximum atomic E-state index is 13.3. The Morgan fingerprint density at radius 2 is 1.40 bits per heavy atom. The second kappa shape index (κ2) is 28.3. The molecule has 372 valence electrons. The van der Waals surface area contributed by atoms with E-state index in [4.69, 9.17) is 28.4 Å². The van der Waals surface area contributed by atoms with Crippen molar-refractivity contribution in [3.63, 3.8) is 0 Å². The molecule has 0 radical (unpaired) electrons. The van der Waals surface area contributed by atoms with Crippen molar-refractivity contribution in [1.29, 1.82) is 0 Å². The van der Waals surface area contributed by atoms with Gasteiger partial charge in [0.25, 0.3) is 0 Å². The third-order valence-electron chi connectivity index (χ3n) is 10.3. The molecule has 0 spiro atoms. The number of rotatable bonds is 27. The van der Waals surface area contributed by atoms with Gasteiger partial charge in [0.15, 0.2) is 12.6 Å². The van der Waals surface area contributed by atoms with E-state index in [1.807, 2.05) is 0 Å². The summed E-state index contributed by atoms with van der Waals surface area (Å²) < 4.78 is 114. The summed E-state index contributed by atoms with van der Waals surface area (Å²) in [5.74, 6) is -0.372. The molecule has 3 aromatic carbocycles. The summed E-state index contributed by atoms with van der Waals surface area (Å²) >= 11 is 0. The van der Waals surface area contributed by atoms with Crippen LogP contribution in [0.4, 0.5) is 47.3 Å². The molecule has 21 heteroatoms. The minimum atomic E-state index is -4.65. The quantitative estimate of drug-likeness (QED) is 0.0244. The Kier molecular flexibility index (Phi) is 23.1. The highest BCUT2D eigenvalue weighted by Gasteiger charge is 2.37. The van der Waals surface area contributed by atoms with E-state index < -0.39 is 92.4 Å². The molecule has 4 amide bonds. The first kappa shape index (κ1) is 54.6. The van der Waals surface area contributed by atoms with Crippen LogP contribution in [0.3, 0.4) is 0 Å². The maximum Gasteiger partial charge on any atom is 0.416 e. The molecule has 0 aliphatic carbocycles. The summed E-state index contributed by atoms with van der Waals surface area (Å²) in [6.45, 7) is -0.643. The molecule has 0 saturated carbocycles. The van der Waals surface area contributed by atoms with Crippen molar-refractivity contribution in [2.45, 2.75) is 114 Å². The third kappa shape index (κ3) is 20.0. The summed E-state index contributed by atoms with van der Waals surface area (Å²) in [6, 6.07) is 14.9. The van der Waals surface area contributed by atoms with Gasteiger partial charge in [-0.1, -0.05) is 94.3 Å².